The number of methoxy groups -OCH3 is 1. The summed E-state index contributed by atoms with van der Waals surface area (Å²) in [5.41, 5.74) is 2.66. The maximum absolute atomic E-state index is 12.8. The highest BCUT2D eigenvalue weighted by Gasteiger charge is 2.29. The van der Waals surface area contributed by atoms with Gasteiger partial charge >= 0.3 is 6.03 Å². The van der Waals surface area contributed by atoms with E-state index in [1.807, 2.05) is 42.2 Å². The minimum absolute atomic E-state index is 0.0726. The van der Waals surface area contributed by atoms with Crippen LogP contribution in [0, 0.1) is 6.92 Å². The van der Waals surface area contributed by atoms with Gasteiger partial charge in [0.15, 0.2) is 5.65 Å². The van der Waals surface area contributed by atoms with Crippen LogP contribution in [0.2, 0.25) is 0 Å². The standard InChI is InChI=1S/C20H23N5O2/c1-14-21-19-9-8-16(13-25(19)23-14)22-20(26)24-10-4-6-17(24)11-15-5-3-7-18(12-15)27-2/h3,5,7-9,12-13,17H,4,6,10-11H2,1-2H3,(H,22,26). The Balaban J connectivity index is 1.46. The lowest BCUT2D eigenvalue weighted by atomic mass is 10.0. The minimum atomic E-state index is -0.0726. The summed E-state index contributed by atoms with van der Waals surface area (Å²) in [6.07, 6.45) is 4.64. The number of benzene rings is 1. The molecule has 1 fully saturated rings. The van der Waals surface area contributed by atoms with Crippen LogP contribution in [-0.2, 0) is 6.42 Å². The van der Waals surface area contributed by atoms with Crippen LogP contribution in [0.4, 0.5) is 10.5 Å². The number of carbonyl (C=O) groups is 1. The third-order valence-corrected chi connectivity index (χ3v) is 4.93. The summed E-state index contributed by atoms with van der Waals surface area (Å²) >= 11 is 0. The van der Waals surface area contributed by atoms with Gasteiger partial charge in [0.1, 0.15) is 11.6 Å². The first kappa shape index (κ1) is 17.3. The fourth-order valence-corrected chi connectivity index (χ4v) is 3.65. The van der Waals surface area contributed by atoms with Gasteiger partial charge in [-0.05, 0) is 56.0 Å². The summed E-state index contributed by atoms with van der Waals surface area (Å²) in [7, 11) is 1.67. The Labute approximate surface area is 158 Å². The summed E-state index contributed by atoms with van der Waals surface area (Å²) in [6.45, 7) is 2.61. The smallest absolute Gasteiger partial charge is 0.322 e. The second kappa shape index (κ2) is 7.26. The van der Waals surface area contributed by atoms with Crippen molar-refractivity contribution in [3.63, 3.8) is 0 Å². The van der Waals surface area contributed by atoms with Crippen molar-refractivity contribution in [2.45, 2.75) is 32.2 Å². The van der Waals surface area contributed by atoms with Crippen LogP contribution in [-0.4, -0.2) is 45.2 Å². The van der Waals surface area contributed by atoms with Crippen molar-refractivity contribution < 1.29 is 9.53 Å². The Hall–Kier alpha value is -3.09. The van der Waals surface area contributed by atoms with Gasteiger partial charge < -0.3 is 15.0 Å². The van der Waals surface area contributed by atoms with E-state index in [4.69, 9.17) is 4.74 Å². The van der Waals surface area contributed by atoms with Crippen LogP contribution in [0.1, 0.15) is 24.2 Å². The van der Waals surface area contributed by atoms with E-state index in [0.717, 1.165) is 37.2 Å². The molecule has 4 rings (SSSR count). The molecule has 1 unspecified atom stereocenters. The average Bonchev–Trinajstić information content (AvgIpc) is 3.27. The lowest BCUT2D eigenvalue weighted by Crippen LogP contribution is -2.39. The molecule has 0 radical (unpaired) electrons. The fraction of sp³-hybridized carbons (Fsp3) is 0.350. The van der Waals surface area contributed by atoms with Gasteiger partial charge in [0.05, 0.1) is 19.0 Å². The second-order valence-electron chi connectivity index (χ2n) is 6.85. The molecular weight excluding hydrogens is 342 g/mol. The van der Waals surface area contributed by atoms with E-state index >= 15 is 0 Å². The van der Waals surface area contributed by atoms with Gasteiger partial charge in [-0.15, -0.1) is 0 Å². The zero-order valence-corrected chi connectivity index (χ0v) is 15.6. The SMILES string of the molecule is COc1cccc(CC2CCCN2C(=O)Nc2ccc3nc(C)nn3c2)c1. The molecule has 7 nitrogen and oxygen atoms in total. The molecule has 0 aliphatic carbocycles. The van der Waals surface area contributed by atoms with E-state index in [-0.39, 0.29) is 12.1 Å². The van der Waals surface area contributed by atoms with Gasteiger partial charge in [0.25, 0.3) is 0 Å². The van der Waals surface area contributed by atoms with Crippen molar-refractivity contribution in [1.29, 1.82) is 0 Å². The number of ether oxygens (including phenoxy) is 1. The Morgan fingerprint density at radius 1 is 1.33 bits per heavy atom. The maximum Gasteiger partial charge on any atom is 0.322 e. The van der Waals surface area contributed by atoms with Crippen LogP contribution in [0.25, 0.3) is 5.65 Å². The van der Waals surface area contributed by atoms with Gasteiger partial charge in [0, 0.05) is 12.6 Å². The predicted molar refractivity (Wildman–Crippen MR) is 103 cm³/mol. The highest BCUT2D eigenvalue weighted by molar-refractivity contribution is 5.89. The molecule has 0 spiro atoms. The number of nitrogens with one attached hydrogen (secondary N) is 1. The first-order chi connectivity index (χ1) is 13.1. The van der Waals surface area contributed by atoms with Crippen LogP contribution in [0.3, 0.4) is 0 Å². The molecule has 2 aromatic heterocycles. The Morgan fingerprint density at radius 2 is 2.22 bits per heavy atom. The van der Waals surface area contributed by atoms with Gasteiger partial charge in [-0.25, -0.2) is 14.3 Å². The van der Waals surface area contributed by atoms with Crippen molar-refractivity contribution in [1.82, 2.24) is 19.5 Å². The maximum atomic E-state index is 12.8. The number of anilines is 1. The second-order valence-corrected chi connectivity index (χ2v) is 6.85. The molecule has 1 N–H and O–H groups in total. The van der Waals surface area contributed by atoms with Gasteiger partial charge in [0.2, 0.25) is 0 Å². The fourth-order valence-electron chi connectivity index (χ4n) is 3.65. The highest BCUT2D eigenvalue weighted by atomic mass is 16.5. The Kier molecular flexibility index (Phi) is 4.66. The third kappa shape index (κ3) is 3.72. The average molecular weight is 365 g/mol. The summed E-state index contributed by atoms with van der Waals surface area (Å²) in [5, 5.41) is 7.29. The van der Waals surface area contributed by atoms with E-state index in [2.05, 4.69) is 21.5 Å². The molecule has 3 heterocycles. The van der Waals surface area contributed by atoms with Crippen molar-refractivity contribution >= 4 is 17.4 Å². The number of urea groups is 1. The molecule has 3 aromatic rings. The van der Waals surface area contributed by atoms with Gasteiger partial charge in [-0.1, -0.05) is 12.1 Å². The number of aromatic nitrogens is 3. The molecule has 1 aliphatic heterocycles. The molecule has 27 heavy (non-hydrogen) atoms. The molecule has 140 valence electrons. The molecule has 7 heteroatoms. The topological polar surface area (TPSA) is 71.8 Å². The summed E-state index contributed by atoms with van der Waals surface area (Å²) in [5.74, 6) is 1.55. The number of likely N-dealkylation sites (tertiary alicyclic amines) is 1. The number of pyridine rings is 1. The number of carbonyl (C=O) groups excluding carboxylic acids is 1. The van der Waals surface area contributed by atoms with E-state index in [0.29, 0.717) is 11.5 Å². The molecule has 1 aromatic carbocycles. The van der Waals surface area contributed by atoms with Crippen molar-refractivity contribution in [2.75, 3.05) is 19.0 Å². The molecular formula is C20H23N5O2. The summed E-state index contributed by atoms with van der Waals surface area (Å²) in [4.78, 5) is 19.1. The van der Waals surface area contributed by atoms with Crippen molar-refractivity contribution in [3.05, 3.63) is 54.0 Å². The van der Waals surface area contributed by atoms with Gasteiger partial charge in [-0.3, -0.25) is 0 Å². The first-order valence-electron chi connectivity index (χ1n) is 9.16. The highest BCUT2D eigenvalue weighted by Crippen LogP contribution is 2.24. The number of hydrogen-bond acceptors (Lipinski definition) is 4. The zero-order chi connectivity index (χ0) is 18.8. The van der Waals surface area contributed by atoms with Crippen LogP contribution in [0.15, 0.2) is 42.6 Å². The van der Waals surface area contributed by atoms with E-state index in [9.17, 15) is 4.79 Å². The number of nitrogens with zero attached hydrogens (tertiary/aromatic N) is 4. The number of amides is 2. The summed E-state index contributed by atoms with van der Waals surface area (Å²) < 4.78 is 6.99. The molecule has 1 aliphatic rings. The largest absolute Gasteiger partial charge is 0.497 e. The number of hydrogen-bond donors (Lipinski definition) is 1. The molecule has 0 bridgehead atoms. The molecule has 1 atom stereocenters. The van der Waals surface area contributed by atoms with Gasteiger partial charge in [-0.2, -0.15) is 5.10 Å². The van der Waals surface area contributed by atoms with Crippen LogP contribution in [0.5, 0.6) is 5.75 Å². The van der Waals surface area contributed by atoms with E-state index < -0.39 is 0 Å². The van der Waals surface area contributed by atoms with Crippen LogP contribution < -0.4 is 10.1 Å². The quantitative estimate of drug-likeness (QED) is 0.770. The van der Waals surface area contributed by atoms with E-state index in [1.54, 1.807) is 17.8 Å². The molecule has 2 amide bonds. The van der Waals surface area contributed by atoms with Crippen molar-refractivity contribution in [2.24, 2.45) is 0 Å². The zero-order valence-electron chi connectivity index (χ0n) is 15.6. The molecule has 1 saturated heterocycles. The normalized spacial score (nSPS) is 16.7. The predicted octanol–water partition coefficient (Wildman–Crippen LogP) is 3.29. The lowest BCUT2D eigenvalue weighted by Gasteiger charge is -2.25. The Bertz CT molecular complexity index is 968. The van der Waals surface area contributed by atoms with Crippen molar-refractivity contribution in [3.8, 4) is 5.75 Å². The monoisotopic (exact) mass is 365 g/mol. The number of aryl methyl sites for hydroxylation is 1. The number of rotatable bonds is 4. The number of fused-ring (bicyclic) bond motifs is 1. The Morgan fingerprint density at radius 3 is 3.07 bits per heavy atom. The van der Waals surface area contributed by atoms with Crippen LogP contribution >= 0.6 is 0 Å². The first-order valence-corrected chi connectivity index (χ1v) is 9.16. The van der Waals surface area contributed by atoms with E-state index in [1.165, 1.54) is 5.56 Å². The third-order valence-electron chi connectivity index (χ3n) is 4.93. The summed E-state index contributed by atoms with van der Waals surface area (Å²) in [6, 6.07) is 11.9. The minimum Gasteiger partial charge on any atom is -0.497 e. The lowest BCUT2D eigenvalue weighted by molar-refractivity contribution is 0.206. The molecule has 0 saturated carbocycles.